The summed E-state index contributed by atoms with van der Waals surface area (Å²) in [6.45, 7) is 3.24. The Morgan fingerprint density at radius 3 is 0.816 bits per heavy atom. The molecule has 0 aromatic rings. The topological polar surface area (TPSA) is 161 Å². The molecule has 0 radical (unpaired) electrons. The van der Waals surface area contributed by atoms with Crippen LogP contribution in [0.5, 0.6) is 0 Å². The number of carboxylic acid groups (broad SMARTS) is 2. The van der Waals surface area contributed by atoms with Crippen molar-refractivity contribution < 1.29 is 60.7 Å². The summed E-state index contributed by atoms with van der Waals surface area (Å²) in [7, 11) is 0.238. The van der Waals surface area contributed by atoms with Gasteiger partial charge in [0.15, 0.2) is 0 Å². The number of hydrogen-bond donors (Lipinski definition) is 4. The summed E-state index contributed by atoms with van der Waals surface area (Å²) in [6.07, 6.45) is 23.1. The predicted molar refractivity (Wildman–Crippen MR) is 153 cm³/mol. The number of aliphatic carboxylic acids is 2. The van der Waals surface area contributed by atoms with E-state index in [1.54, 1.807) is 0 Å². The molecule has 8 nitrogen and oxygen atoms in total. The summed E-state index contributed by atoms with van der Waals surface area (Å²) in [5, 5.41) is 53.8. The van der Waals surface area contributed by atoms with Crippen molar-refractivity contribution in [2.45, 2.75) is 97.3 Å². The Labute approximate surface area is 248 Å². The number of aliphatic hydroxyl groups excluding tert-OH is 4. The van der Waals surface area contributed by atoms with Gasteiger partial charge in [-0.25, -0.2) is 0 Å². The molecule has 0 saturated heterocycles. The molecule has 4 N–H and O–H groups in total. The van der Waals surface area contributed by atoms with Crippen LogP contribution in [0.3, 0.4) is 0 Å². The van der Waals surface area contributed by atoms with Crippen molar-refractivity contribution in [1.82, 2.24) is 0 Å². The Morgan fingerprint density at radius 1 is 0.447 bits per heavy atom. The second kappa shape index (κ2) is 39.4. The molecule has 38 heavy (non-hydrogen) atoms. The Balaban J connectivity index is -0.000000559. The normalized spacial score (nSPS) is 10.3. The Hall–Kier alpha value is 0.302. The minimum Gasteiger partial charge on any atom is -0.550 e. The van der Waals surface area contributed by atoms with Crippen molar-refractivity contribution in [3.05, 3.63) is 0 Å². The number of carbonyl (C=O) groups is 2. The molecule has 232 valence electrons. The quantitative estimate of drug-likeness (QED) is 0.0689. The third kappa shape index (κ3) is 49.3. The minimum atomic E-state index is -1.08. The first-order valence-corrected chi connectivity index (χ1v) is 17.8. The van der Waals surface area contributed by atoms with Crippen LogP contribution in [0, 0.1) is 0 Å². The van der Waals surface area contributed by atoms with Gasteiger partial charge in [-0.15, -0.1) is 15.8 Å². The van der Waals surface area contributed by atoms with Gasteiger partial charge < -0.3 is 40.2 Å². The van der Waals surface area contributed by atoms with E-state index < -0.39 is 11.9 Å². The maximum atomic E-state index is 9.00. The van der Waals surface area contributed by atoms with Crippen molar-refractivity contribution in [2.75, 3.05) is 63.4 Å². The predicted octanol–water partition coefficient (Wildman–Crippen LogP) is 2.50. The molecule has 0 aliphatic heterocycles. The third-order valence-electron chi connectivity index (χ3n) is 5.48. The van der Waals surface area contributed by atoms with Gasteiger partial charge in [0.25, 0.3) is 0 Å². The first-order chi connectivity index (χ1) is 17.7. The van der Waals surface area contributed by atoms with E-state index in [4.69, 9.17) is 40.2 Å². The summed E-state index contributed by atoms with van der Waals surface area (Å²) in [5.74, 6) is -2.17. The molecule has 0 aromatic carbocycles. The third-order valence-corrected chi connectivity index (χ3v) is 11.2. The van der Waals surface area contributed by atoms with Gasteiger partial charge in [0.1, 0.15) is 0 Å². The Kier molecular flexibility index (Phi) is 47.0. The van der Waals surface area contributed by atoms with Gasteiger partial charge in [-0.3, -0.25) is 0 Å². The van der Waals surface area contributed by atoms with E-state index in [2.05, 4.69) is 0 Å². The zero-order valence-corrected chi connectivity index (χ0v) is 27.2. The van der Waals surface area contributed by atoms with Crippen molar-refractivity contribution in [3.63, 3.8) is 0 Å². The van der Waals surface area contributed by atoms with Crippen LogP contribution < -0.4 is 10.2 Å². The van der Waals surface area contributed by atoms with Gasteiger partial charge in [-0.05, 0) is 109 Å². The molecule has 0 saturated carbocycles. The van der Waals surface area contributed by atoms with Crippen LogP contribution in [0.1, 0.15) is 97.3 Å². The van der Waals surface area contributed by atoms with Crippen LogP contribution in [-0.4, -0.2) is 95.8 Å². The summed E-state index contributed by atoms with van der Waals surface area (Å²) in [5.41, 5.74) is 0. The van der Waals surface area contributed by atoms with E-state index >= 15 is 0 Å². The second-order valence-corrected chi connectivity index (χ2v) is 14.5. The van der Waals surface area contributed by atoms with Gasteiger partial charge in [0, 0.05) is 38.4 Å². The van der Waals surface area contributed by atoms with Crippen LogP contribution in [-0.2, 0) is 30.0 Å². The fourth-order valence-electron chi connectivity index (χ4n) is 3.68. The molecule has 0 aliphatic rings. The first kappa shape index (κ1) is 45.3. The SMILES string of the molecule is CC(=O)[O-].CC(=O)[O-].OCCCCCP(CCCCCO)CCCP(CCCCCO)CCCCCO.[Pd+2]. The standard InChI is InChI=1S/C23H50O4P2.2C2H4O2.Pd/c24-14-5-1-9-18-28(19-10-2-6-15-25)22-13-23-29(20-11-3-7-16-26)21-12-4-8-17-27;2*1-2(3)4;/h24-27H,1-23H2;2*1H3,(H,3,4);/q;;;+2/p-2. The number of carboxylic acids is 2. The van der Waals surface area contributed by atoms with Crippen molar-refractivity contribution in [1.29, 1.82) is 0 Å². The molecule has 0 amide bonds. The molecule has 0 rings (SSSR count). The Bertz CT molecular complexity index is 404. The number of rotatable bonds is 24. The zero-order valence-electron chi connectivity index (χ0n) is 23.9. The van der Waals surface area contributed by atoms with Gasteiger partial charge in [0.2, 0.25) is 0 Å². The van der Waals surface area contributed by atoms with E-state index in [-0.39, 0.29) is 36.3 Å². The van der Waals surface area contributed by atoms with Gasteiger partial charge in [-0.2, -0.15) is 0 Å². The van der Waals surface area contributed by atoms with Crippen LogP contribution in [0.15, 0.2) is 0 Å². The van der Waals surface area contributed by atoms with Gasteiger partial charge in [0.05, 0.1) is 0 Å². The molecule has 0 fully saturated rings. The van der Waals surface area contributed by atoms with E-state index in [0.717, 1.165) is 65.2 Å². The molecule has 0 heterocycles. The molecule has 0 spiro atoms. The van der Waals surface area contributed by atoms with Crippen molar-refractivity contribution >= 4 is 27.8 Å². The molecule has 11 heteroatoms. The average molecular weight is 677 g/mol. The van der Waals surface area contributed by atoms with Crippen molar-refractivity contribution in [2.24, 2.45) is 0 Å². The maximum absolute atomic E-state index is 9.00. The molecule has 0 bridgehead atoms. The molecule has 0 aliphatic carbocycles. The van der Waals surface area contributed by atoms with Gasteiger partial charge in [-0.1, -0.05) is 25.7 Å². The largest absolute Gasteiger partial charge is 2.00 e. The molecular weight excluding hydrogens is 621 g/mol. The van der Waals surface area contributed by atoms with Crippen molar-refractivity contribution in [3.8, 4) is 0 Å². The number of carbonyl (C=O) groups excluding carboxylic acids is 2. The zero-order chi connectivity index (χ0) is 28.6. The fourth-order valence-corrected chi connectivity index (χ4v) is 9.17. The van der Waals surface area contributed by atoms with E-state index in [9.17, 15) is 0 Å². The fraction of sp³-hybridized carbons (Fsp3) is 0.926. The van der Waals surface area contributed by atoms with Crippen LogP contribution >= 0.6 is 15.8 Å². The Morgan fingerprint density at radius 2 is 0.632 bits per heavy atom. The maximum Gasteiger partial charge on any atom is 2.00 e. The van der Waals surface area contributed by atoms with E-state index in [0.29, 0.717) is 26.4 Å². The summed E-state index contributed by atoms with van der Waals surface area (Å²) in [4.78, 5) is 17.8. The molecule has 0 aromatic heterocycles. The molecule has 0 unspecified atom stereocenters. The molecule has 0 atom stereocenters. The van der Waals surface area contributed by atoms with E-state index in [1.165, 1.54) is 69.1 Å². The van der Waals surface area contributed by atoms with Crippen LogP contribution in [0.25, 0.3) is 0 Å². The summed E-state index contributed by atoms with van der Waals surface area (Å²) < 4.78 is 0. The number of aliphatic hydroxyl groups is 4. The average Bonchev–Trinajstić information content (AvgIpc) is 2.83. The van der Waals surface area contributed by atoms with E-state index in [1.807, 2.05) is 0 Å². The second-order valence-electron chi connectivity index (χ2n) is 9.16. The first-order valence-electron chi connectivity index (χ1n) is 14.0. The molecular formula is C27H56O8P2Pd. The number of hydrogen-bond acceptors (Lipinski definition) is 8. The van der Waals surface area contributed by atoms with Crippen LogP contribution in [0.2, 0.25) is 0 Å². The summed E-state index contributed by atoms with van der Waals surface area (Å²) in [6, 6.07) is 0. The van der Waals surface area contributed by atoms with Crippen LogP contribution in [0.4, 0.5) is 0 Å². The summed E-state index contributed by atoms with van der Waals surface area (Å²) >= 11 is 0. The monoisotopic (exact) mass is 676 g/mol. The van der Waals surface area contributed by atoms with Gasteiger partial charge >= 0.3 is 20.4 Å². The minimum absolute atomic E-state index is 0. The smallest absolute Gasteiger partial charge is 0.550 e. The number of unbranched alkanes of at least 4 members (excludes halogenated alkanes) is 8.